The number of rotatable bonds is 8. The van der Waals surface area contributed by atoms with E-state index >= 15 is 0 Å². The van der Waals surface area contributed by atoms with Gasteiger partial charge in [-0.1, -0.05) is 18.2 Å². The molecule has 0 aliphatic heterocycles. The number of benzene rings is 2. The van der Waals surface area contributed by atoms with E-state index < -0.39 is 18.2 Å². The van der Waals surface area contributed by atoms with Gasteiger partial charge in [-0.05, 0) is 47.4 Å². The van der Waals surface area contributed by atoms with Crippen molar-refractivity contribution in [1.29, 1.82) is 0 Å². The van der Waals surface area contributed by atoms with Crippen molar-refractivity contribution in [2.24, 2.45) is 5.92 Å². The zero-order valence-electron chi connectivity index (χ0n) is 17.4. The highest BCUT2D eigenvalue weighted by Crippen LogP contribution is 2.51. The first kappa shape index (κ1) is 22.4. The fourth-order valence-electron chi connectivity index (χ4n) is 3.54. The molecule has 4 rings (SSSR count). The lowest BCUT2D eigenvalue weighted by Crippen LogP contribution is -2.17. The Balaban J connectivity index is 1.46. The molecule has 0 radical (unpaired) electrons. The van der Waals surface area contributed by atoms with Gasteiger partial charge in [0.25, 0.3) is 0 Å². The first-order valence-corrected chi connectivity index (χ1v) is 9.95. The van der Waals surface area contributed by atoms with Crippen LogP contribution in [0.1, 0.15) is 23.5 Å². The molecule has 2 atom stereocenters. The lowest BCUT2D eigenvalue weighted by atomic mass is 10.0. The summed E-state index contributed by atoms with van der Waals surface area (Å²) in [4.78, 5) is 11.3. The van der Waals surface area contributed by atoms with Crippen molar-refractivity contribution in [3.63, 3.8) is 0 Å². The molecule has 2 aromatic carbocycles. The predicted octanol–water partition coefficient (Wildman–Crippen LogP) is 4.82. The molecular weight excluding hydrogens is 441 g/mol. The maximum absolute atomic E-state index is 12.3. The number of ether oxygens (including phenoxy) is 3. The van der Waals surface area contributed by atoms with Crippen molar-refractivity contribution in [3.8, 4) is 28.5 Å². The van der Waals surface area contributed by atoms with Gasteiger partial charge in [0, 0.05) is 17.5 Å². The number of nitrogens with zero attached hydrogens (tertiary/aromatic N) is 2. The Hall–Kier alpha value is -3.82. The Morgan fingerprint density at radius 2 is 1.88 bits per heavy atom. The quantitative estimate of drug-likeness (QED) is 0.516. The molecule has 1 aromatic heterocycles. The minimum atomic E-state index is -4.75. The molecular formula is C23H19F3N2O5. The van der Waals surface area contributed by atoms with Crippen LogP contribution in [0.3, 0.4) is 0 Å². The van der Waals surface area contributed by atoms with E-state index in [0.29, 0.717) is 23.3 Å². The number of alkyl halides is 3. The van der Waals surface area contributed by atoms with Crippen LogP contribution in [0, 0.1) is 5.92 Å². The zero-order valence-corrected chi connectivity index (χ0v) is 17.4. The fraction of sp³-hybridized carbons (Fsp3) is 0.261. The minimum absolute atomic E-state index is 0.0701. The first-order chi connectivity index (χ1) is 15.7. The molecule has 0 bridgehead atoms. The van der Waals surface area contributed by atoms with Crippen molar-refractivity contribution in [3.05, 3.63) is 65.9 Å². The van der Waals surface area contributed by atoms with Crippen molar-refractivity contribution in [1.82, 2.24) is 10.2 Å². The topological polar surface area (TPSA) is 90.8 Å². The van der Waals surface area contributed by atoms with E-state index in [2.05, 4.69) is 14.9 Å². The summed E-state index contributed by atoms with van der Waals surface area (Å²) >= 11 is 0. The Morgan fingerprint density at radius 3 is 2.52 bits per heavy atom. The van der Waals surface area contributed by atoms with Crippen LogP contribution in [0.5, 0.6) is 17.4 Å². The third-order valence-corrected chi connectivity index (χ3v) is 5.25. The van der Waals surface area contributed by atoms with Crippen molar-refractivity contribution < 1.29 is 37.3 Å². The van der Waals surface area contributed by atoms with Crippen LogP contribution in [-0.4, -0.2) is 34.7 Å². The lowest BCUT2D eigenvalue weighted by molar-refractivity contribution is -0.274. The Bertz CT molecular complexity index is 1150. The van der Waals surface area contributed by atoms with Gasteiger partial charge in [0.15, 0.2) is 0 Å². The molecule has 1 fully saturated rings. The highest BCUT2D eigenvalue weighted by molar-refractivity contribution is 5.76. The zero-order chi connectivity index (χ0) is 23.6. The number of halogens is 3. The van der Waals surface area contributed by atoms with Gasteiger partial charge in [-0.15, -0.1) is 18.3 Å². The van der Waals surface area contributed by atoms with Gasteiger partial charge in [0.1, 0.15) is 18.1 Å². The summed E-state index contributed by atoms with van der Waals surface area (Å²) < 4.78 is 51.7. The molecule has 1 heterocycles. The summed E-state index contributed by atoms with van der Waals surface area (Å²) in [5, 5.41) is 17.2. The van der Waals surface area contributed by atoms with Gasteiger partial charge in [-0.25, -0.2) is 0 Å². The Kier molecular flexibility index (Phi) is 6.08. The first-order valence-electron chi connectivity index (χ1n) is 9.95. The molecule has 3 aromatic rings. The average Bonchev–Trinajstić information content (AvgIpc) is 3.59. The fourth-order valence-corrected chi connectivity index (χ4v) is 3.54. The van der Waals surface area contributed by atoms with E-state index in [1.54, 1.807) is 25.4 Å². The van der Waals surface area contributed by atoms with Gasteiger partial charge in [0.2, 0.25) is 5.88 Å². The third kappa shape index (κ3) is 5.51. The lowest BCUT2D eigenvalue weighted by Gasteiger charge is -2.12. The molecule has 0 spiro atoms. The number of aliphatic carboxylic acids is 1. The van der Waals surface area contributed by atoms with E-state index in [0.717, 1.165) is 11.1 Å². The van der Waals surface area contributed by atoms with E-state index in [-0.39, 0.29) is 24.2 Å². The average molecular weight is 460 g/mol. The molecule has 0 amide bonds. The van der Waals surface area contributed by atoms with E-state index in [4.69, 9.17) is 9.47 Å². The Labute approximate surface area is 186 Å². The number of hydrogen-bond acceptors (Lipinski definition) is 6. The third-order valence-electron chi connectivity index (χ3n) is 5.25. The summed E-state index contributed by atoms with van der Waals surface area (Å²) in [6, 6.07) is 12.5. The second kappa shape index (κ2) is 8.97. The van der Waals surface area contributed by atoms with E-state index in [1.165, 1.54) is 24.3 Å². The van der Waals surface area contributed by atoms with Crippen molar-refractivity contribution >= 4 is 5.97 Å². The highest BCUT2D eigenvalue weighted by atomic mass is 19.4. The van der Waals surface area contributed by atoms with Gasteiger partial charge in [-0.2, -0.15) is 5.10 Å². The van der Waals surface area contributed by atoms with E-state index in [1.807, 2.05) is 12.1 Å². The monoisotopic (exact) mass is 460 g/mol. The second-order valence-electron chi connectivity index (χ2n) is 7.51. The maximum Gasteiger partial charge on any atom is 0.573 e. The van der Waals surface area contributed by atoms with Gasteiger partial charge in [-0.3, -0.25) is 4.79 Å². The Morgan fingerprint density at radius 1 is 1.12 bits per heavy atom. The van der Waals surface area contributed by atoms with Crippen LogP contribution in [0.15, 0.2) is 54.7 Å². The number of aromatic nitrogens is 2. The minimum Gasteiger partial charge on any atom is -0.496 e. The van der Waals surface area contributed by atoms with Gasteiger partial charge in [0.05, 0.1) is 19.2 Å². The smallest absolute Gasteiger partial charge is 0.496 e. The highest BCUT2D eigenvalue weighted by Gasteiger charge is 2.45. The molecule has 0 unspecified atom stereocenters. The molecule has 33 heavy (non-hydrogen) atoms. The molecule has 1 N–H and O–H groups in total. The summed E-state index contributed by atoms with van der Waals surface area (Å²) in [5.74, 6) is -0.807. The van der Waals surface area contributed by atoms with Crippen LogP contribution in [0.4, 0.5) is 13.2 Å². The van der Waals surface area contributed by atoms with Gasteiger partial charge < -0.3 is 19.3 Å². The number of carboxylic acid groups (broad SMARTS) is 1. The summed E-state index contributed by atoms with van der Waals surface area (Å²) in [6.07, 6.45) is -2.63. The molecule has 1 saturated carbocycles. The summed E-state index contributed by atoms with van der Waals surface area (Å²) in [5.41, 5.74) is 2.96. The van der Waals surface area contributed by atoms with Crippen LogP contribution in [0.25, 0.3) is 11.1 Å². The molecule has 1 aliphatic rings. The predicted molar refractivity (Wildman–Crippen MR) is 110 cm³/mol. The van der Waals surface area contributed by atoms with E-state index in [9.17, 15) is 23.1 Å². The largest absolute Gasteiger partial charge is 0.573 e. The van der Waals surface area contributed by atoms with Crippen LogP contribution >= 0.6 is 0 Å². The van der Waals surface area contributed by atoms with Gasteiger partial charge >= 0.3 is 12.3 Å². The maximum atomic E-state index is 12.3. The van der Waals surface area contributed by atoms with Crippen molar-refractivity contribution in [2.75, 3.05) is 7.11 Å². The number of carbonyl (C=O) groups is 1. The molecule has 0 saturated heterocycles. The number of hydrogen-bond donors (Lipinski definition) is 1. The molecule has 1 aliphatic carbocycles. The van der Waals surface area contributed by atoms with Crippen molar-refractivity contribution in [2.45, 2.75) is 25.3 Å². The normalized spacial score (nSPS) is 17.3. The van der Waals surface area contributed by atoms with Crippen LogP contribution < -0.4 is 14.2 Å². The SMILES string of the molecule is COc1ccc(-c2cnnc(OCc3ccc(OC(F)(F)F)cc3)c2)cc1[C@@H]1C[C@H]1C(=O)O. The standard InChI is InChI=1S/C23H19F3N2O5/c1-31-20-7-4-14(8-18(20)17-10-19(17)22(29)30)15-9-21(28-27-11-15)32-12-13-2-5-16(6-3-13)33-23(24,25)26/h2-9,11,17,19H,10,12H2,1H3,(H,29,30)/t17-,19+/m0/s1. The number of methoxy groups -OCH3 is 1. The van der Waals surface area contributed by atoms with Crippen LogP contribution in [0.2, 0.25) is 0 Å². The molecule has 7 nitrogen and oxygen atoms in total. The summed E-state index contributed by atoms with van der Waals surface area (Å²) in [7, 11) is 1.54. The summed E-state index contributed by atoms with van der Waals surface area (Å²) in [6.45, 7) is 0.0701. The molecule has 10 heteroatoms. The molecule has 172 valence electrons. The number of carboxylic acids is 1. The second-order valence-corrected chi connectivity index (χ2v) is 7.51. The van der Waals surface area contributed by atoms with Crippen LogP contribution in [-0.2, 0) is 11.4 Å².